The van der Waals surface area contributed by atoms with Crippen LogP contribution in [-0.2, 0) is 9.53 Å². The third-order valence-electron chi connectivity index (χ3n) is 3.20. The fourth-order valence-corrected chi connectivity index (χ4v) is 3.14. The molecule has 1 aliphatic heterocycles. The van der Waals surface area contributed by atoms with Crippen molar-refractivity contribution in [2.45, 2.75) is 6.10 Å². The number of carbonyl (C=O) groups excluding carboxylic acids is 3. The standard InChI is InChI=1S/C13H6Br2O4/c14-8-9(15)13(18)19-12(8)7-10(16)5-3-1-2-4-6(5)11(7)17/h1-4,7,12H/t12-/m1/s1. The Balaban J connectivity index is 2.05. The molecule has 4 nitrogen and oxygen atoms in total. The topological polar surface area (TPSA) is 60.4 Å². The Morgan fingerprint density at radius 2 is 1.47 bits per heavy atom. The molecule has 19 heavy (non-hydrogen) atoms. The zero-order chi connectivity index (χ0) is 13.7. The highest BCUT2D eigenvalue weighted by atomic mass is 79.9. The fourth-order valence-electron chi connectivity index (χ4n) is 2.30. The maximum atomic E-state index is 12.3. The summed E-state index contributed by atoms with van der Waals surface area (Å²) in [5, 5.41) is 0. The van der Waals surface area contributed by atoms with Crippen LogP contribution < -0.4 is 0 Å². The third-order valence-corrected chi connectivity index (χ3v) is 5.33. The smallest absolute Gasteiger partial charge is 0.346 e. The number of hydrogen-bond donors (Lipinski definition) is 0. The lowest BCUT2D eigenvalue weighted by atomic mass is 9.97. The van der Waals surface area contributed by atoms with Gasteiger partial charge in [0.2, 0.25) is 0 Å². The van der Waals surface area contributed by atoms with Crippen molar-refractivity contribution in [3.8, 4) is 0 Å². The van der Waals surface area contributed by atoms with Gasteiger partial charge < -0.3 is 4.74 Å². The number of ketones is 2. The van der Waals surface area contributed by atoms with Gasteiger partial charge in [-0.05, 0) is 15.9 Å². The van der Waals surface area contributed by atoms with E-state index in [9.17, 15) is 14.4 Å². The molecule has 0 N–H and O–H groups in total. The van der Waals surface area contributed by atoms with E-state index in [2.05, 4.69) is 31.9 Å². The zero-order valence-corrected chi connectivity index (χ0v) is 12.5. The number of cyclic esters (lactones) is 1. The minimum absolute atomic E-state index is 0.217. The molecule has 0 saturated carbocycles. The van der Waals surface area contributed by atoms with Crippen LogP contribution in [0.5, 0.6) is 0 Å². The molecule has 1 aliphatic carbocycles. The Morgan fingerprint density at radius 3 is 1.89 bits per heavy atom. The molecule has 1 aromatic rings. The molecule has 1 aromatic carbocycles. The van der Waals surface area contributed by atoms with Gasteiger partial charge in [-0.1, -0.05) is 40.2 Å². The van der Waals surface area contributed by atoms with Gasteiger partial charge in [-0.3, -0.25) is 9.59 Å². The van der Waals surface area contributed by atoms with Crippen molar-refractivity contribution in [3.63, 3.8) is 0 Å². The van der Waals surface area contributed by atoms with E-state index >= 15 is 0 Å². The summed E-state index contributed by atoms with van der Waals surface area (Å²) in [4.78, 5) is 36.0. The number of hydrogen-bond acceptors (Lipinski definition) is 4. The Kier molecular flexibility index (Phi) is 2.94. The van der Waals surface area contributed by atoms with Crippen LogP contribution in [0.2, 0.25) is 0 Å². The van der Waals surface area contributed by atoms with Crippen molar-refractivity contribution in [2.24, 2.45) is 5.92 Å². The minimum atomic E-state index is -0.995. The van der Waals surface area contributed by atoms with E-state index in [0.717, 1.165) is 0 Å². The Hall–Kier alpha value is -1.27. The zero-order valence-electron chi connectivity index (χ0n) is 9.35. The molecule has 0 aromatic heterocycles. The van der Waals surface area contributed by atoms with Gasteiger partial charge in [0, 0.05) is 11.1 Å². The molecule has 0 bridgehead atoms. The predicted molar refractivity (Wildman–Crippen MR) is 73.4 cm³/mol. The normalized spacial score (nSPS) is 23.1. The molecule has 0 saturated heterocycles. The Labute approximate surface area is 125 Å². The number of carbonyl (C=O) groups is 3. The summed E-state index contributed by atoms with van der Waals surface area (Å²) in [6.45, 7) is 0. The van der Waals surface area contributed by atoms with Crippen LogP contribution in [0.25, 0.3) is 0 Å². The van der Waals surface area contributed by atoms with Gasteiger partial charge in [-0.2, -0.15) is 0 Å². The van der Waals surface area contributed by atoms with E-state index in [1.165, 1.54) is 0 Å². The molecule has 1 heterocycles. The summed E-state index contributed by atoms with van der Waals surface area (Å²) in [5.74, 6) is -2.19. The van der Waals surface area contributed by atoms with Crippen LogP contribution in [0.3, 0.4) is 0 Å². The van der Waals surface area contributed by atoms with E-state index in [-0.39, 0.29) is 16.0 Å². The highest BCUT2D eigenvalue weighted by Gasteiger charge is 2.49. The van der Waals surface area contributed by atoms with Crippen molar-refractivity contribution in [3.05, 3.63) is 44.4 Å². The average molecular weight is 386 g/mol. The van der Waals surface area contributed by atoms with Crippen LogP contribution in [0.4, 0.5) is 0 Å². The van der Waals surface area contributed by atoms with Crippen LogP contribution in [-0.4, -0.2) is 23.6 Å². The summed E-state index contributed by atoms with van der Waals surface area (Å²) < 4.78 is 5.71. The summed E-state index contributed by atoms with van der Waals surface area (Å²) in [6.07, 6.45) is -0.880. The van der Waals surface area contributed by atoms with E-state index < -0.39 is 18.0 Å². The number of ether oxygens (including phenoxy) is 1. The number of benzene rings is 1. The first-order valence-electron chi connectivity index (χ1n) is 5.46. The predicted octanol–water partition coefficient (Wildman–Crippen LogP) is 2.61. The molecule has 2 aliphatic rings. The number of esters is 1. The molecular formula is C13H6Br2O4. The van der Waals surface area contributed by atoms with Gasteiger partial charge in [-0.15, -0.1) is 0 Å². The van der Waals surface area contributed by atoms with Crippen molar-refractivity contribution in [1.29, 1.82) is 0 Å². The van der Waals surface area contributed by atoms with Crippen molar-refractivity contribution < 1.29 is 19.1 Å². The van der Waals surface area contributed by atoms with Crippen LogP contribution in [0.15, 0.2) is 33.2 Å². The first-order chi connectivity index (χ1) is 9.02. The van der Waals surface area contributed by atoms with Gasteiger partial charge in [-0.25, -0.2) is 4.79 Å². The minimum Gasteiger partial charge on any atom is -0.452 e. The van der Waals surface area contributed by atoms with Gasteiger partial charge in [0.25, 0.3) is 0 Å². The molecule has 0 spiro atoms. The van der Waals surface area contributed by atoms with Crippen molar-refractivity contribution >= 4 is 49.4 Å². The lowest BCUT2D eigenvalue weighted by Gasteiger charge is -2.15. The van der Waals surface area contributed by atoms with Crippen molar-refractivity contribution in [1.82, 2.24) is 0 Å². The highest BCUT2D eigenvalue weighted by Crippen LogP contribution is 2.40. The number of rotatable bonds is 1. The van der Waals surface area contributed by atoms with Crippen LogP contribution >= 0.6 is 31.9 Å². The molecule has 6 heteroatoms. The number of halogens is 2. The SMILES string of the molecule is O=C1O[C@H](C2C(=O)c3ccccc3C2=O)C(Br)=C1Br. The molecule has 0 unspecified atom stereocenters. The van der Waals surface area contributed by atoms with Gasteiger partial charge in [0.15, 0.2) is 17.7 Å². The van der Waals surface area contributed by atoms with E-state index in [1.807, 2.05) is 0 Å². The number of Topliss-reactive ketones (excluding diaryl/α,β-unsaturated/α-hetero) is 2. The number of fused-ring (bicyclic) bond motifs is 1. The second-order valence-corrected chi connectivity index (χ2v) is 5.89. The first kappa shape index (κ1) is 12.7. The second kappa shape index (κ2) is 4.38. The first-order valence-corrected chi connectivity index (χ1v) is 7.04. The van der Waals surface area contributed by atoms with Gasteiger partial charge in [0.1, 0.15) is 10.4 Å². The summed E-state index contributed by atoms with van der Waals surface area (Å²) in [6, 6.07) is 6.62. The molecular weight excluding hydrogens is 380 g/mol. The molecule has 3 rings (SSSR count). The van der Waals surface area contributed by atoms with Crippen LogP contribution in [0, 0.1) is 5.92 Å². The summed E-state index contributed by atoms with van der Waals surface area (Å²) in [7, 11) is 0. The van der Waals surface area contributed by atoms with E-state index in [0.29, 0.717) is 15.6 Å². The average Bonchev–Trinajstić information content (AvgIpc) is 2.80. The maximum Gasteiger partial charge on any atom is 0.346 e. The monoisotopic (exact) mass is 384 g/mol. The summed E-state index contributed by atoms with van der Waals surface area (Å²) >= 11 is 6.27. The molecule has 1 atom stereocenters. The lowest BCUT2D eigenvalue weighted by molar-refractivity contribution is -0.139. The largest absolute Gasteiger partial charge is 0.452 e. The molecule has 0 amide bonds. The highest BCUT2D eigenvalue weighted by molar-refractivity contribution is 9.14. The van der Waals surface area contributed by atoms with E-state index in [4.69, 9.17) is 4.74 Å². The van der Waals surface area contributed by atoms with E-state index in [1.54, 1.807) is 24.3 Å². The maximum absolute atomic E-state index is 12.3. The summed E-state index contributed by atoms with van der Waals surface area (Å²) in [5.41, 5.74) is 0.772. The lowest BCUT2D eigenvalue weighted by Crippen LogP contribution is -2.31. The quantitative estimate of drug-likeness (QED) is 0.550. The van der Waals surface area contributed by atoms with Crippen LogP contribution in [0.1, 0.15) is 20.7 Å². The third kappa shape index (κ3) is 1.74. The van der Waals surface area contributed by atoms with Crippen molar-refractivity contribution in [2.75, 3.05) is 0 Å². The molecule has 0 fully saturated rings. The van der Waals surface area contributed by atoms with Gasteiger partial charge in [0.05, 0.1) is 4.48 Å². The Bertz CT molecular complexity index is 627. The fraction of sp³-hybridized carbons (Fsp3) is 0.154. The molecule has 0 radical (unpaired) electrons. The van der Waals surface area contributed by atoms with Gasteiger partial charge >= 0.3 is 5.97 Å². The Morgan fingerprint density at radius 1 is 0.947 bits per heavy atom. The second-order valence-electron chi connectivity index (χ2n) is 4.24. The molecule has 96 valence electrons.